The number of rotatable bonds is 5. The molecule has 3 aromatic rings. The Bertz CT molecular complexity index is 963. The Hall–Kier alpha value is -3.26. The molecule has 9 heteroatoms. The molecule has 0 aliphatic heterocycles. The van der Waals surface area contributed by atoms with Crippen molar-refractivity contribution >= 4 is 34.8 Å². The maximum Gasteiger partial charge on any atom is 0.258 e. The second-order valence-electron chi connectivity index (χ2n) is 5.32. The van der Waals surface area contributed by atoms with Crippen LogP contribution in [0.1, 0.15) is 10.4 Å². The summed E-state index contributed by atoms with van der Waals surface area (Å²) in [5.74, 6) is -1.61. The van der Waals surface area contributed by atoms with Gasteiger partial charge in [-0.25, -0.2) is 18.7 Å². The van der Waals surface area contributed by atoms with E-state index >= 15 is 0 Å². The fraction of sp³-hybridized carbons (Fsp3) is 0.0556. The minimum absolute atomic E-state index is 0.0527. The van der Waals surface area contributed by atoms with E-state index in [1.807, 2.05) is 0 Å². The first-order chi connectivity index (χ1) is 13.0. The maximum atomic E-state index is 13.6. The van der Waals surface area contributed by atoms with Crippen LogP contribution in [0.25, 0.3) is 0 Å². The molecule has 0 unspecified atom stereocenters. The number of aromatic nitrogens is 2. The largest absolute Gasteiger partial charge is 0.495 e. The molecular formula is C18H13ClF2N4O2. The van der Waals surface area contributed by atoms with Gasteiger partial charge in [0, 0.05) is 18.1 Å². The molecule has 0 atom stereocenters. The van der Waals surface area contributed by atoms with Crippen LogP contribution in [0.3, 0.4) is 0 Å². The smallest absolute Gasteiger partial charge is 0.258 e. The van der Waals surface area contributed by atoms with Crippen LogP contribution in [0.4, 0.5) is 26.1 Å². The number of methoxy groups -OCH3 is 1. The second-order valence-corrected chi connectivity index (χ2v) is 5.73. The number of halogens is 3. The molecule has 1 heterocycles. The molecule has 1 amide bonds. The quantitative estimate of drug-likeness (QED) is 0.674. The molecule has 0 radical (unpaired) electrons. The second kappa shape index (κ2) is 7.96. The van der Waals surface area contributed by atoms with Gasteiger partial charge in [-0.2, -0.15) is 0 Å². The lowest BCUT2D eigenvalue weighted by atomic mass is 10.2. The van der Waals surface area contributed by atoms with Crippen molar-refractivity contribution in [2.75, 3.05) is 17.7 Å². The molecule has 6 nitrogen and oxygen atoms in total. The van der Waals surface area contributed by atoms with Crippen molar-refractivity contribution in [2.45, 2.75) is 0 Å². The van der Waals surface area contributed by atoms with Crippen LogP contribution in [0.5, 0.6) is 5.75 Å². The van der Waals surface area contributed by atoms with Gasteiger partial charge in [-0.1, -0.05) is 17.7 Å². The third-order valence-corrected chi connectivity index (χ3v) is 3.82. The highest BCUT2D eigenvalue weighted by Crippen LogP contribution is 2.27. The third-order valence-electron chi connectivity index (χ3n) is 3.52. The Kier molecular flexibility index (Phi) is 5.46. The van der Waals surface area contributed by atoms with Crippen molar-refractivity contribution < 1.29 is 18.3 Å². The van der Waals surface area contributed by atoms with Crippen molar-refractivity contribution in [2.24, 2.45) is 0 Å². The average molecular weight is 391 g/mol. The highest BCUT2D eigenvalue weighted by molar-refractivity contribution is 6.32. The number of benzene rings is 2. The molecule has 0 fully saturated rings. The van der Waals surface area contributed by atoms with Gasteiger partial charge in [-0.05, 0) is 30.3 Å². The van der Waals surface area contributed by atoms with Gasteiger partial charge >= 0.3 is 0 Å². The predicted molar refractivity (Wildman–Crippen MR) is 97.6 cm³/mol. The summed E-state index contributed by atoms with van der Waals surface area (Å²) in [7, 11) is 1.49. The predicted octanol–water partition coefficient (Wildman–Crippen LogP) is 4.41. The van der Waals surface area contributed by atoms with Crippen molar-refractivity contribution in [1.82, 2.24) is 9.97 Å². The lowest BCUT2D eigenvalue weighted by Gasteiger charge is -2.09. The van der Waals surface area contributed by atoms with Crippen molar-refractivity contribution in [3.63, 3.8) is 0 Å². The van der Waals surface area contributed by atoms with E-state index in [4.69, 9.17) is 16.3 Å². The zero-order chi connectivity index (χ0) is 19.4. The summed E-state index contributed by atoms with van der Waals surface area (Å²) < 4.78 is 32.3. The number of para-hydroxylation sites is 1. The Balaban J connectivity index is 1.71. The number of carbonyl (C=O) groups excluding carboxylic acids is 1. The van der Waals surface area contributed by atoms with E-state index in [-0.39, 0.29) is 17.2 Å². The number of hydrogen-bond acceptors (Lipinski definition) is 5. The van der Waals surface area contributed by atoms with E-state index in [0.717, 1.165) is 12.1 Å². The van der Waals surface area contributed by atoms with E-state index in [1.54, 1.807) is 12.1 Å². The molecule has 0 aliphatic rings. The van der Waals surface area contributed by atoms with Gasteiger partial charge in [0.25, 0.3) is 5.91 Å². The van der Waals surface area contributed by atoms with E-state index in [1.165, 1.54) is 31.6 Å². The van der Waals surface area contributed by atoms with Gasteiger partial charge in [0.1, 0.15) is 23.1 Å². The van der Waals surface area contributed by atoms with Gasteiger partial charge < -0.3 is 15.4 Å². The Labute approximate surface area is 158 Å². The molecule has 0 bridgehead atoms. The lowest BCUT2D eigenvalue weighted by Crippen LogP contribution is -2.13. The third kappa shape index (κ3) is 4.29. The molecule has 3 rings (SSSR count). The Morgan fingerprint density at radius 1 is 1.11 bits per heavy atom. The molecule has 0 saturated heterocycles. The number of hydrogen-bond donors (Lipinski definition) is 2. The van der Waals surface area contributed by atoms with Crippen LogP contribution >= 0.6 is 11.6 Å². The lowest BCUT2D eigenvalue weighted by molar-refractivity contribution is 0.102. The summed E-state index contributed by atoms with van der Waals surface area (Å²) in [5, 5.41) is 5.42. The van der Waals surface area contributed by atoms with Crippen molar-refractivity contribution in [3.8, 4) is 5.75 Å². The van der Waals surface area contributed by atoms with Crippen LogP contribution in [0.2, 0.25) is 5.02 Å². The summed E-state index contributed by atoms with van der Waals surface area (Å²) in [5.41, 5.74) is 0.241. The minimum atomic E-state index is -0.781. The van der Waals surface area contributed by atoms with E-state index < -0.39 is 17.5 Å². The molecule has 27 heavy (non-hydrogen) atoms. The molecule has 0 spiro atoms. The highest BCUT2D eigenvalue weighted by Gasteiger charge is 2.12. The van der Waals surface area contributed by atoms with Crippen LogP contribution in [-0.4, -0.2) is 23.0 Å². The molecule has 0 aliphatic carbocycles. The molecule has 1 aromatic heterocycles. The summed E-state index contributed by atoms with van der Waals surface area (Å²) in [6, 6.07) is 8.23. The van der Waals surface area contributed by atoms with Crippen LogP contribution in [-0.2, 0) is 0 Å². The first kappa shape index (κ1) is 18.5. The number of ether oxygens (including phenoxy) is 1. The SMILES string of the molecule is COc1ccc(NC(=O)c2cnc(Nc3c(F)cccc3F)nc2)cc1Cl. The van der Waals surface area contributed by atoms with Crippen LogP contribution < -0.4 is 15.4 Å². The highest BCUT2D eigenvalue weighted by atomic mass is 35.5. The number of nitrogens with zero attached hydrogens (tertiary/aromatic N) is 2. The number of carbonyl (C=O) groups is 1. The fourth-order valence-electron chi connectivity index (χ4n) is 2.19. The monoisotopic (exact) mass is 390 g/mol. The molecular weight excluding hydrogens is 378 g/mol. The Morgan fingerprint density at radius 2 is 1.78 bits per heavy atom. The van der Waals surface area contributed by atoms with Gasteiger partial charge in [-0.3, -0.25) is 4.79 Å². The number of nitrogens with one attached hydrogen (secondary N) is 2. The first-order valence-electron chi connectivity index (χ1n) is 7.66. The normalized spacial score (nSPS) is 10.4. The zero-order valence-electron chi connectivity index (χ0n) is 14.0. The summed E-state index contributed by atoms with van der Waals surface area (Å²) >= 11 is 6.01. The van der Waals surface area contributed by atoms with Gasteiger partial charge in [-0.15, -0.1) is 0 Å². The topological polar surface area (TPSA) is 76.1 Å². The van der Waals surface area contributed by atoms with Gasteiger partial charge in [0.05, 0.1) is 17.7 Å². The van der Waals surface area contributed by atoms with Crippen molar-refractivity contribution in [1.29, 1.82) is 0 Å². The molecule has 2 aromatic carbocycles. The van der Waals surface area contributed by atoms with E-state index in [9.17, 15) is 13.6 Å². The van der Waals surface area contributed by atoms with Gasteiger partial charge in [0.15, 0.2) is 0 Å². The van der Waals surface area contributed by atoms with Crippen LogP contribution in [0.15, 0.2) is 48.8 Å². The minimum Gasteiger partial charge on any atom is -0.495 e. The standard InChI is InChI=1S/C18H13ClF2N4O2/c1-27-15-6-5-11(7-12(15)19)24-17(26)10-8-22-18(23-9-10)25-16-13(20)3-2-4-14(16)21/h2-9H,1H3,(H,24,26)(H,22,23,25). The van der Waals surface area contributed by atoms with E-state index in [2.05, 4.69) is 20.6 Å². The van der Waals surface area contributed by atoms with Crippen molar-refractivity contribution in [3.05, 3.63) is 71.0 Å². The molecule has 138 valence electrons. The number of anilines is 3. The fourth-order valence-corrected chi connectivity index (χ4v) is 2.44. The summed E-state index contributed by atoms with van der Waals surface area (Å²) in [6.07, 6.45) is 2.46. The van der Waals surface area contributed by atoms with Crippen LogP contribution in [0, 0.1) is 11.6 Å². The maximum absolute atomic E-state index is 13.6. The summed E-state index contributed by atoms with van der Waals surface area (Å²) in [4.78, 5) is 20.1. The Morgan fingerprint density at radius 3 is 2.37 bits per heavy atom. The molecule has 0 saturated carbocycles. The zero-order valence-corrected chi connectivity index (χ0v) is 14.7. The number of amides is 1. The average Bonchev–Trinajstić information content (AvgIpc) is 2.65. The van der Waals surface area contributed by atoms with Gasteiger partial charge in [0.2, 0.25) is 5.95 Å². The first-order valence-corrected chi connectivity index (χ1v) is 8.03. The van der Waals surface area contributed by atoms with E-state index in [0.29, 0.717) is 16.5 Å². The molecule has 2 N–H and O–H groups in total. The summed E-state index contributed by atoms with van der Waals surface area (Å²) in [6.45, 7) is 0.